The van der Waals surface area contributed by atoms with E-state index >= 15 is 0 Å². The molecule has 2 N–H and O–H groups in total. The Kier molecular flexibility index (Phi) is 6.02. The van der Waals surface area contributed by atoms with Gasteiger partial charge in [-0.3, -0.25) is 0 Å². The zero-order valence-electron chi connectivity index (χ0n) is 15.5. The molecule has 0 heterocycles. The lowest BCUT2D eigenvalue weighted by Gasteiger charge is -2.25. The number of carbonyl (C=O) groups is 1. The number of benzene rings is 2. The van der Waals surface area contributed by atoms with E-state index in [0.29, 0.717) is 23.0 Å². The van der Waals surface area contributed by atoms with E-state index in [0.717, 1.165) is 24.0 Å². The highest BCUT2D eigenvalue weighted by atomic mass is 16.4. The molecule has 2 rings (SSSR count). The topological polar surface area (TPSA) is 57.5 Å². The third kappa shape index (κ3) is 4.49. The van der Waals surface area contributed by atoms with Crippen molar-refractivity contribution < 1.29 is 15.0 Å². The van der Waals surface area contributed by atoms with Gasteiger partial charge in [0.1, 0.15) is 0 Å². The molecule has 3 nitrogen and oxygen atoms in total. The van der Waals surface area contributed by atoms with E-state index < -0.39 is 11.6 Å². The second-order valence-electron chi connectivity index (χ2n) is 7.61. The first-order valence-corrected chi connectivity index (χ1v) is 8.88. The number of aliphatic hydroxyl groups is 1. The lowest BCUT2D eigenvalue weighted by molar-refractivity contribution is -0.155. The van der Waals surface area contributed by atoms with E-state index in [1.807, 2.05) is 24.3 Å². The SMILES string of the molecule is CC(C)Cc1ccc(C(O)(C(=O)O)c2ccc(CC(C)C)cc2)cc1. The highest BCUT2D eigenvalue weighted by molar-refractivity contribution is 5.83. The highest BCUT2D eigenvalue weighted by Gasteiger charge is 2.40. The van der Waals surface area contributed by atoms with Gasteiger partial charge in [-0.2, -0.15) is 0 Å². The lowest BCUT2D eigenvalue weighted by atomic mass is 9.85. The highest BCUT2D eigenvalue weighted by Crippen LogP contribution is 2.31. The van der Waals surface area contributed by atoms with Crippen molar-refractivity contribution in [3.05, 3.63) is 70.8 Å². The van der Waals surface area contributed by atoms with Crippen molar-refractivity contribution in [2.75, 3.05) is 0 Å². The molecule has 0 saturated heterocycles. The van der Waals surface area contributed by atoms with Crippen LogP contribution in [0.3, 0.4) is 0 Å². The fourth-order valence-electron chi connectivity index (χ4n) is 3.12. The number of hydrogen-bond acceptors (Lipinski definition) is 2. The normalized spacial score (nSPS) is 12.0. The molecule has 0 spiro atoms. The van der Waals surface area contributed by atoms with Gasteiger partial charge in [0.15, 0.2) is 0 Å². The van der Waals surface area contributed by atoms with Gasteiger partial charge in [-0.05, 0) is 46.9 Å². The fourth-order valence-corrected chi connectivity index (χ4v) is 3.12. The van der Waals surface area contributed by atoms with E-state index in [1.54, 1.807) is 24.3 Å². The van der Waals surface area contributed by atoms with Gasteiger partial charge in [-0.25, -0.2) is 4.79 Å². The van der Waals surface area contributed by atoms with Crippen molar-refractivity contribution in [2.24, 2.45) is 11.8 Å². The van der Waals surface area contributed by atoms with Crippen LogP contribution in [0.5, 0.6) is 0 Å². The van der Waals surface area contributed by atoms with E-state index in [-0.39, 0.29) is 0 Å². The summed E-state index contributed by atoms with van der Waals surface area (Å²) < 4.78 is 0. The molecule has 2 aromatic rings. The molecule has 0 radical (unpaired) electrons. The Morgan fingerprint density at radius 2 is 1.12 bits per heavy atom. The maximum Gasteiger partial charge on any atom is 0.345 e. The standard InChI is InChI=1S/C22H28O3/c1-15(2)13-17-5-9-19(10-6-17)22(25,21(23)24)20-11-7-18(8-12-20)14-16(3)4/h5-12,15-16,25H,13-14H2,1-4H3,(H,23,24). The summed E-state index contributed by atoms with van der Waals surface area (Å²) in [7, 11) is 0. The van der Waals surface area contributed by atoms with Gasteiger partial charge < -0.3 is 10.2 Å². The minimum atomic E-state index is -2.03. The molecule has 25 heavy (non-hydrogen) atoms. The van der Waals surface area contributed by atoms with E-state index in [4.69, 9.17) is 0 Å². The maximum atomic E-state index is 11.9. The van der Waals surface area contributed by atoms with Crippen LogP contribution in [0, 0.1) is 11.8 Å². The van der Waals surface area contributed by atoms with E-state index in [2.05, 4.69) is 27.7 Å². The largest absolute Gasteiger partial charge is 0.479 e. The first-order valence-electron chi connectivity index (χ1n) is 8.88. The molecule has 0 fully saturated rings. The minimum absolute atomic E-state index is 0.379. The molecule has 0 atom stereocenters. The first-order chi connectivity index (χ1) is 11.7. The molecule has 0 amide bonds. The van der Waals surface area contributed by atoms with Gasteiger partial charge in [0.25, 0.3) is 0 Å². The lowest BCUT2D eigenvalue weighted by Crippen LogP contribution is -2.36. The number of carboxylic acids is 1. The zero-order chi connectivity index (χ0) is 18.6. The monoisotopic (exact) mass is 340 g/mol. The fraction of sp³-hybridized carbons (Fsp3) is 0.409. The maximum absolute atomic E-state index is 11.9. The molecule has 0 aromatic heterocycles. The predicted molar refractivity (Wildman–Crippen MR) is 101 cm³/mol. The van der Waals surface area contributed by atoms with Crippen LogP contribution in [0.4, 0.5) is 0 Å². The van der Waals surface area contributed by atoms with Gasteiger partial charge >= 0.3 is 5.97 Å². The van der Waals surface area contributed by atoms with Crippen molar-refractivity contribution in [1.82, 2.24) is 0 Å². The van der Waals surface area contributed by atoms with Crippen LogP contribution in [0.2, 0.25) is 0 Å². The summed E-state index contributed by atoms with van der Waals surface area (Å²) in [6.45, 7) is 8.56. The predicted octanol–water partition coefficient (Wildman–Crippen LogP) is 4.40. The third-order valence-corrected chi connectivity index (χ3v) is 4.34. The average Bonchev–Trinajstić information content (AvgIpc) is 2.54. The molecule has 0 unspecified atom stereocenters. The van der Waals surface area contributed by atoms with Crippen molar-refractivity contribution in [1.29, 1.82) is 0 Å². The number of aliphatic carboxylic acids is 1. The smallest absolute Gasteiger partial charge is 0.345 e. The second kappa shape index (κ2) is 7.83. The van der Waals surface area contributed by atoms with Crippen LogP contribution in [-0.2, 0) is 23.2 Å². The van der Waals surface area contributed by atoms with Crippen molar-refractivity contribution >= 4 is 5.97 Å². The molecule has 0 bridgehead atoms. The summed E-state index contributed by atoms with van der Waals surface area (Å²) in [5, 5.41) is 20.7. The number of rotatable bonds is 7. The van der Waals surface area contributed by atoms with Gasteiger partial charge in [0, 0.05) is 0 Å². The van der Waals surface area contributed by atoms with Crippen LogP contribution in [-0.4, -0.2) is 16.2 Å². The van der Waals surface area contributed by atoms with Crippen molar-refractivity contribution in [3.8, 4) is 0 Å². The second-order valence-corrected chi connectivity index (χ2v) is 7.61. The molecule has 0 aliphatic heterocycles. The summed E-state index contributed by atoms with van der Waals surface area (Å²) in [6, 6.07) is 14.5. The van der Waals surface area contributed by atoms with Crippen LogP contribution >= 0.6 is 0 Å². The Labute approximate surface area is 150 Å². The summed E-state index contributed by atoms with van der Waals surface area (Å²) in [5.74, 6) is -0.212. The van der Waals surface area contributed by atoms with Crippen LogP contribution < -0.4 is 0 Å². The first kappa shape index (κ1) is 19.2. The van der Waals surface area contributed by atoms with Crippen molar-refractivity contribution in [2.45, 2.75) is 46.1 Å². The zero-order valence-corrected chi connectivity index (χ0v) is 15.5. The van der Waals surface area contributed by atoms with Crippen LogP contribution in [0.25, 0.3) is 0 Å². The number of carboxylic acid groups (broad SMARTS) is 1. The Bertz CT molecular complexity index is 644. The van der Waals surface area contributed by atoms with Crippen molar-refractivity contribution in [3.63, 3.8) is 0 Å². The summed E-state index contributed by atoms with van der Waals surface area (Å²) in [4.78, 5) is 11.9. The van der Waals surface area contributed by atoms with Gasteiger partial charge in [0.2, 0.25) is 5.60 Å². The quantitative estimate of drug-likeness (QED) is 0.785. The van der Waals surface area contributed by atoms with E-state index in [1.165, 1.54) is 0 Å². The summed E-state index contributed by atoms with van der Waals surface area (Å²) in [6.07, 6.45) is 1.85. The van der Waals surface area contributed by atoms with Crippen LogP contribution in [0.1, 0.15) is 49.9 Å². The van der Waals surface area contributed by atoms with Gasteiger partial charge in [0.05, 0.1) is 0 Å². The molecule has 134 valence electrons. The molecular weight excluding hydrogens is 312 g/mol. The molecule has 2 aromatic carbocycles. The van der Waals surface area contributed by atoms with E-state index in [9.17, 15) is 15.0 Å². The molecule has 3 heteroatoms. The number of hydrogen-bond donors (Lipinski definition) is 2. The third-order valence-electron chi connectivity index (χ3n) is 4.34. The molecule has 0 aliphatic carbocycles. The van der Waals surface area contributed by atoms with Gasteiger partial charge in [-0.15, -0.1) is 0 Å². The molecule has 0 aliphatic rings. The molecular formula is C22H28O3. The Balaban J connectivity index is 2.36. The Morgan fingerprint density at radius 3 is 1.36 bits per heavy atom. The van der Waals surface area contributed by atoms with Gasteiger partial charge in [-0.1, -0.05) is 76.2 Å². The van der Waals surface area contributed by atoms with Crippen LogP contribution in [0.15, 0.2) is 48.5 Å². The Hall–Kier alpha value is -2.13. The molecule has 0 saturated carbocycles. The summed E-state index contributed by atoms with van der Waals surface area (Å²) >= 11 is 0. The summed E-state index contributed by atoms with van der Waals surface area (Å²) in [5.41, 5.74) is 0.998. The minimum Gasteiger partial charge on any atom is -0.479 e. The average molecular weight is 340 g/mol. The Morgan fingerprint density at radius 1 is 0.800 bits per heavy atom.